The summed E-state index contributed by atoms with van der Waals surface area (Å²) in [6.07, 6.45) is 1.11. The molecular weight excluding hydrogens is 654 g/mol. The summed E-state index contributed by atoms with van der Waals surface area (Å²) in [5.41, 5.74) is 5.66. The van der Waals surface area contributed by atoms with Crippen LogP contribution < -0.4 is 20.3 Å². The number of nitro benzene ring substituents is 1. The molecule has 16 nitrogen and oxygen atoms in total. The Morgan fingerprint density at radius 2 is 1.45 bits per heavy atom. The number of hydrogen-bond donors (Lipinski definition) is 4. The first-order valence-corrected chi connectivity index (χ1v) is 16.4. The minimum atomic E-state index is -4.14. The van der Waals surface area contributed by atoms with Crippen LogP contribution >= 0.6 is 0 Å². The lowest BCUT2D eigenvalue weighted by atomic mass is 10.1. The molecular formula is C29H25N7O9S2. The molecule has 0 spiro atoms. The SMILES string of the molecule is COC(=O)c1cc([N+](=O)[O-])c2cnn(C(=O)NNc3ccc(NS(=O)(=O)c4cccc(NS(=O)(=O)c5cccc(C)c5)c4)cc3)c2c1. The van der Waals surface area contributed by atoms with E-state index in [1.165, 1.54) is 66.7 Å². The average molecular weight is 680 g/mol. The van der Waals surface area contributed by atoms with E-state index in [9.17, 15) is 36.5 Å². The molecule has 0 unspecified atom stereocenters. The summed E-state index contributed by atoms with van der Waals surface area (Å²) in [6, 6.07) is 18.7. The molecule has 0 bridgehead atoms. The van der Waals surface area contributed by atoms with Crippen LogP contribution in [0.5, 0.6) is 0 Å². The van der Waals surface area contributed by atoms with E-state index in [2.05, 4.69) is 30.1 Å². The van der Waals surface area contributed by atoms with E-state index in [0.717, 1.165) is 29.6 Å². The number of carbonyl (C=O) groups is 2. The second-order valence-electron chi connectivity index (χ2n) is 9.92. The van der Waals surface area contributed by atoms with Gasteiger partial charge < -0.3 is 4.74 Å². The first kappa shape index (κ1) is 32.4. The fourth-order valence-corrected chi connectivity index (χ4v) is 6.65. The van der Waals surface area contributed by atoms with Crippen molar-refractivity contribution in [3.63, 3.8) is 0 Å². The van der Waals surface area contributed by atoms with Gasteiger partial charge in [0.05, 0.1) is 55.9 Å². The van der Waals surface area contributed by atoms with Gasteiger partial charge in [-0.3, -0.25) is 25.0 Å². The van der Waals surface area contributed by atoms with E-state index < -0.39 is 42.7 Å². The molecule has 5 rings (SSSR count). The van der Waals surface area contributed by atoms with E-state index in [0.29, 0.717) is 5.69 Å². The number of benzene rings is 4. The van der Waals surface area contributed by atoms with Crippen LogP contribution in [0.1, 0.15) is 15.9 Å². The summed E-state index contributed by atoms with van der Waals surface area (Å²) in [7, 11) is -6.99. The number of aryl methyl sites for hydroxylation is 1. The number of nitrogens with one attached hydrogen (secondary N) is 4. The summed E-state index contributed by atoms with van der Waals surface area (Å²) in [6.45, 7) is 1.75. The predicted octanol–water partition coefficient (Wildman–Crippen LogP) is 4.23. The molecule has 4 aromatic carbocycles. The zero-order valence-electron chi connectivity index (χ0n) is 24.5. The molecule has 0 saturated carbocycles. The van der Waals surface area contributed by atoms with E-state index in [1.54, 1.807) is 19.1 Å². The number of anilines is 3. The molecule has 0 saturated heterocycles. The van der Waals surface area contributed by atoms with Gasteiger partial charge in [0.2, 0.25) is 0 Å². The van der Waals surface area contributed by atoms with Gasteiger partial charge in [0.1, 0.15) is 0 Å². The highest BCUT2D eigenvalue weighted by atomic mass is 32.2. The molecule has 0 aliphatic rings. The Balaban J connectivity index is 1.26. The van der Waals surface area contributed by atoms with E-state index in [4.69, 9.17) is 0 Å². The lowest BCUT2D eigenvalue weighted by Crippen LogP contribution is -2.34. The number of sulfonamides is 2. The highest BCUT2D eigenvalue weighted by Gasteiger charge is 2.23. The molecule has 5 aromatic rings. The number of methoxy groups -OCH3 is 1. The molecule has 0 aliphatic heterocycles. The van der Waals surface area contributed by atoms with Crippen LogP contribution in [0, 0.1) is 17.0 Å². The Morgan fingerprint density at radius 3 is 2.09 bits per heavy atom. The minimum absolute atomic E-state index is 0.0173. The molecule has 1 heterocycles. The van der Waals surface area contributed by atoms with Gasteiger partial charge in [-0.1, -0.05) is 18.2 Å². The largest absolute Gasteiger partial charge is 0.465 e. The van der Waals surface area contributed by atoms with Crippen molar-refractivity contribution in [2.75, 3.05) is 22.0 Å². The molecule has 0 fully saturated rings. The summed E-state index contributed by atoms with van der Waals surface area (Å²) in [5, 5.41) is 15.4. The highest BCUT2D eigenvalue weighted by Crippen LogP contribution is 2.28. The third-order valence-electron chi connectivity index (χ3n) is 6.62. The molecule has 18 heteroatoms. The molecule has 242 valence electrons. The van der Waals surface area contributed by atoms with Crippen molar-refractivity contribution < 1.29 is 36.1 Å². The maximum Gasteiger partial charge on any atom is 0.361 e. The van der Waals surface area contributed by atoms with Crippen LogP contribution in [-0.2, 0) is 24.8 Å². The highest BCUT2D eigenvalue weighted by molar-refractivity contribution is 7.93. The van der Waals surface area contributed by atoms with Crippen LogP contribution in [0.4, 0.5) is 27.5 Å². The Morgan fingerprint density at radius 1 is 0.830 bits per heavy atom. The van der Waals surface area contributed by atoms with Gasteiger partial charge in [0, 0.05) is 11.8 Å². The number of hydrazine groups is 1. The normalized spacial score (nSPS) is 11.4. The maximum absolute atomic E-state index is 13.1. The minimum Gasteiger partial charge on any atom is -0.465 e. The van der Waals surface area contributed by atoms with Crippen molar-refractivity contribution in [1.29, 1.82) is 0 Å². The van der Waals surface area contributed by atoms with E-state index >= 15 is 0 Å². The number of esters is 1. The Labute approximate surface area is 267 Å². The van der Waals surface area contributed by atoms with Gasteiger partial charge in [-0.2, -0.15) is 9.78 Å². The Kier molecular flexibility index (Phi) is 8.80. The molecule has 0 radical (unpaired) electrons. The summed E-state index contributed by atoms with van der Waals surface area (Å²) < 4.78 is 62.0. The lowest BCUT2D eigenvalue weighted by Gasteiger charge is -2.13. The lowest BCUT2D eigenvalue weighted by molar-refractivity contribution is -0.383. The summed E-state index contributed by atoms with van der Waals surface area (Å²) in [5.74, 6) is -0.840. The molecule has 0 atom stereocenters. The fourth-order valence-electron chi connectivity index (χ4n) is 4.39. The number of aromatic nitrogens is 2. The van der Waals surface area contributed by atoms with Crippen molar-refractivity contribution in [1.82, 2.24) is 15.2 Å². The van der Waals surface area contributed by atoms with Gasteiger partial charge in [0.15, 0.2) is 0 Å². The number of hydrogen-bond acceptors (Lipinski definition) is 11. The third-order valence-corrected chi connectivity index (χ3v) is 9.38. The topological polar surface area (TPSA) is 221 Å². The first-order chi connectivity index (χ1) is 22.3. The zero-order chi connectivity index (χ0) is 33.9. The van der Waals surface area contributed by atoms with Gasteiger partial charge in [-0.25, -0.2) is 31.9 Å². The van der Waals surface area contributed by atoms with Crippen molar-refractivity contribution in [3.05, 3.63) is 112 Å². The smallest absolute Gasteiger partial charge is 0.361 e. The average Bonchev–Trinajstić information content (AvgIpc) is 3.47. The second kappa shape index (κ2) is 12.8. The first-order valence-electron chi connectivity index (χ1n) is 13.4. The fraction of sp³-hybridized carbons (Fsp3) is 0.0690. The van der Waals surface area contributed by atoms with Gasteiger partial charge >= 0.3 is 12.0 Å². The zero-order valence-corrected chi connectivity index (χ0v) is 26.1. The molecule has 4 N–H and O–H groups in total. The molecule has 1 aromatic heterocycles. The number of ether oxygens (including phenoxy) is 1. The van der Waals surface area contributed by atoms with Gasteiger partial charge in [0.25, 0.3) is 25.7 Å². The molecule has 1 amide bonds. The van der Waals surface area contributed by atoms with Crippen LogP contribution in [0.15, 0.2) is 101 Å². The standard InChI is InChI=1S/C29H25N7O9S2/c1-18-5-3-7-23(13-18)46(41,42)34-22-6-4-8-24(16-22)47(43,44)33-21-11-9-20(10-12-21)31-32-29(38)35-26-14-19(28(37)45-2)15-27(36(39)40)25(26)17-30-35/h3-17,31,33-34H,1-2H3,(H,32,38). The number of amides is 1. The maximum atomic E-state index is 13.1. The van der Waals surface area contributed by atoms with Crippen LogP contribution in [0.25, 0.3) is 10.9 Å². The second-order valence-corrected chi connectivity index (χ2v) is 13.3. The van der Waals surface area contributed by atoms with Gasteiger partial charge in [-0.15, -0.1) is 0 Å². The van der Waals surface area contributed by atoms with Gasteiger partial charge in [-0.05, 0) is 73.2 Å². The quantitative estimate of drug-likeness (QED) is 0.0929. The Bertz CT molecular complexity index is 2250. The third kappa shape index (κ3) is 7.13. The van der Waals surface area contributed by atoms with E-state index in [1.807, 2.05) is 0 Å². The van der Waals surface area contributed by atoms with Crippen molar-refractivity contribution in [2.24, 2.45) is 0 Å². The van der Waals surface area contributed by atoms with Crippen LogP contribution in [0.2, 0.25) is 0 Å². The Hall–Kier alpha value is -6.01. The van der Waals surface area contributed by atoms with Crippen molar-refractivity contribution in [2.45, 2.75) is 16.7 Å². The number of non-ortho nitro benzene ring substituents is 1. The number of fused-ring (bicyclic) bond motifs is 1. The van der Waals surface area contributed by atoms with Crippen molar-refractivity contribution in [3.8, 4) is 0 Å². The number of nitrogens with zero attached hydrogens (tertiary/aromatic N) is 3. The van der Waals surface area contributed by atoms with Crippen molar-refractivity contribution >= 4 is 65.7 Å². The summed E-state index contributed by atoms with van der Waals surface area (Å²) >= 11 is 0. The number of carbonyl (C=O) groups excluding carboxylic acids is 2. The van der Waals surface area contributed by atoms with Crippen LogP contribution in [-0.4, -0.2) is 50.6 Å². The number of rotatable bonds is 10. The monoisotopic (exact) mass is 679 g/mol. The molecule has 47 heavy (non-hydrogen) atoms. The number of nitro groups is 1. The van der Waals surface area contributed by atoms with Crippen LogP contribution in [0.3, 0.4) is 0 Å². The molecule has 0 aliphatic carbocycles. The van der Waals surface area contributed by atoms with E-state index in [-0.39, 0.29) is 37.6 Å². The summed E-state index contributed by atoms with van der Waals surface area (Å²) in [4.78, 5) is 35.5. The predicted molar refractivity (Wildman–Crippen MR) is 171 cm³/mol.